The molecule has 0 aliphatic heterocycles. The fourth-order valence-electron chi connectivity index (χ4n) is 4.31. The van der Waals surface area contributed by atoms with Crippen molar-refractivity contribution >= 4 is 23.7 Å². The summed E-state index contributed by atoms with van der Waals surface area (Å²) in [6.45, 7) is 0.833. The van der Waals surface area contributed by atoms with Gasteiger partial charge in [-0.15, -0.1) is 0 Å². The number of nitrogens with zero attached hydrogens (tertiary/aromatic N) is 1. The van der Waals surface area contributed by atoms with Crippen LogP contribution in [0.3, 0.4) is 0 Å². The van der Waals surface area contributed by atoms with Gasteiger partial charge in [-0.2, -0.15) is 0 Å². The van der Waals surface area contributed by atoms with Crippen molar-refractivity contribution in [2.45, 2.75) is 44.4 Å². The number of nitrogens with one attached hydrogen (secondary N) is 2. The third-order valence-electron chi connectivity index (χ3n) is 6.72. The quantitative estimate of drug-likeness (QED) is 0.193. The second-order valence-electron chi connectivity index (χ2n) is 9.80. The second kappa shape index (κ2) is 15.2. The predicted molar refractivity (Wildman–Crippen MR) is 156 cm³/mol. The van der Waals surface area contributed by atoms with Crippen molar-refractivity contribution in [3.8, 4) is 11.5 Å². The lowest BCUT2D eigenvalue weighted by Crippen LogP contribution is -2.54. The number of benzene rings is 3. The molecule has 0 fully saturated rings. The zero-order chi connectivity index (χ0) is 30.6. The van der Waals surface area contributed by atoms with Crippen LogP contribution in [0.2, 0.25) is 0 Å². The van der Waals surface area contributed by atoms with Gasteiger partial charge in [0.1, 0.15) is 23.6 Å². The molecule has 0 aromatic heterocycles. The summed E-state index contributed by atoms with van der Waals surface area (Å²) in [6, 6.07) is 19.3. The highest BCUT2D eigenvalue weighted by Crippen LogP contribution is 2.25. The number of phenolic OH excluding ortho intramolecular Hbond substituents is 1. The smallest absolute Gasteiger partial charge is 0.326 e. The van der Waals surface area contributed by atoms with Gasteiger partial charge in [0.2, 0.25) is 17.7 Å². The minimum absolute atomic E-state index is 0.0686. The maximum Gasteiger partial charge on any atom is 0.326 e. The summed E-state index contributed by atoms with van der Waals surface area (Å²) in [5.41, 5.74) is 8.19. The molecule has 6 N–H and O–H groups in total. The van der Waals surface area contributed by atoms with Crippen molar-refractivity contribution in [3.05, 3.63) is 95.6 Å². The molecule has 0 heterocycles. The van der Waals surface area contributed by atoms with E-state index in [0.717, 1.165) is 11.1 Å². The molecule has 222 valence electrons. The second-order valence-corrected chi connectivity index (χ2v) is 9.80. The van der Waals surface area contributed by atoms with Crippen molar-refractivity contribution in [1.82, 2.24) is 15.5 Å². The Kier molecular flexibility index (Phi) is 11.4. The van der Waals surface area contributed by atoms with Gasteiger partial charge in [0.25, 0.3) is 0 Å². The first-order valence-electron chi connectivity index (χ1n) is 13.4. The van der Waals surface area contributed by atoms with Crippen LogP contribution in [0.5, 0.6) is 11.5 Å². The molecule has 42 heavy (non-hydrogen) atoms. The predicted octanol–water partition coefficient (Wildman–Crippen LogP) is 1.62. The van der Waals surface area contributed by atoms with Crippen LogP contribution in [0.4, 0.5) is 0 Å². The molecule has 3 aromatic carbocycles. The van der Waals surface area contributed by atoms with Crippen LogP contribution in [0.1, 0.15) is 23.6 Å². The van der Waals surface area contributed by atoms with Gasteiger partial charge in [0.05, 0.1) is 26.2 Å². The molecule has 0 aliphatic rings. The molecule has 0 saturated heterocycles. The zero-order valence-electron chi connectivity index (χ0n) is 23.5. The zero-order valence-corrected chi connectivity index (χ0v) is 23.5. The summed E-state index contributed by atoms with van der Waals surface area (Å²) >= 11 is 0. The molecule has 0 unspecified atom stereocenters. The molecule has 3 aromatic rings. The molecule has 0 bridgehead atoms. The van der Waals surface area contributed by atoms with Crippen molar-refractivity contribution in [2.24, 2.45) is 5.73 Å². The summed E-state index contributed by atoms with van der Waals surface area (Å²) in [6.07, 6.45) is 0.290. The van der Waals surface area contributed by atoms with E-state index in [1.807, 2.05) is 30.3 Å². The molecular formula is C31H36N4O7. The number of carbonyl (C=O) groups excluding carboxylic acids is 3. The van der Waals surface area contributed by atoms with Crippen molar-refractivity contribution in [3.63, 3.8) is 0 Å². The Morgan fingerprint density at radius 2 is 1.52 bits per heavy atom. The summed E-state index contributed by atoms with van der Waals surface area (Å²) < 4.78 is 5.12. The first-order valence-corrected chi connectivity index (χ1v) is 13.4. The SMILES string of the molecule is COc1ccc(CN(C(=O)[C@@H](N)Cc2ccccc2)[C@@H](C)C(=O)NCC(=O)N[C@@H](Cc2ccccc2)C(=O)O)c(O)c1. The van der Waals surface area contributed by atoms with E-state index in [0.29, 0.717) is 11.3 Å². The highest BCUT2D eigenvalue weighted by molar-refractivity contribution is 5.92. The number of methoxy groups -OCH3 is 1. The highest BCUT2D eigenvalue weighted by atomic mass is 16.5. The number of carbonyl (C=O) groups is 4. The molecule has 11 nitrogen and oxygen atoms in total. The lowest BCUT2D eigenvalue weighted by atomic mass is 10.0. The van der Waals surface area contributed by atoms with Crippen LogP contribution >= 0.6 is 0 Å². The first kappa shape index (κ1) is 31.6. The standard InChI is InChI=1S/C31H36N4O7/c1-20(29(38)33-18-28(37)34-26(31(40)41)16-22-11-7-4-8-12-22)35(19-23-13-14-24(42-2)17-27(23)36)30(39)25(32)15-21-9-5-3-6-10-21/h3-14,17,20,25-26,36H,15-16,18-19,32H2,1-2H3,(H,33,38)(H,34,37)(H,40,41)/t20-,25-,26-/m0/s1. The Balaban J connectivity index is 1.70. The Labute approximate surface area is 244 Å². The Bertz CT molecular complexity index is 1370. The van der Waals surface area contributed by atoms with Crippen LogP contribution in [-0.2, 0) is 38.6 Å². The summed E-state index contributed by atoms with van der Waals surface area (Å²) in [5.74, 6) is -2.82. The summed E-state index contributed by atoms with van der Waals surface area (Å²) in [7, 11) is 1.45. The van der Waals surface area contributed by atoms with E-state index >= 15 is 0 Å². The fourth-order valence-corrected chi connectivity index (χ4v) is 4.31. The number of rotatable bonds is 14. The van der Waals surface area contributed by atoms with Gasteiger partial charge in [-0.3, -0.25) is 14.4 Å². The number of aliphatic carboxylic acids is 1. The summed E-state index contributed by atoms with van der Waals surface area (Å²) in [5, 5.41) is 24.9. The number of amides is 3. The molecule has 3 amide bonds. The van der Waals surface area contributed by atoms with E-state index in [9.17, 15) is 29.4 Å². The molecule has 11 heteroatoms. The van der Waals surface area contributed by atoms with Crippen LogP contribution in [0, 0.1) is 0 Å². The first-order chi connectivity index (χ1) is 20.1. The monoisotopic (exact) mass is 576 g/mol. The highest BCUT2D eigenvalue weighted by Gasteiger charge is 2.31. The van der Waals surface area contributed by atoms with Gasteiger partial charge in [-0.25, -0.2) is 4.79 Å². The van der Waals surface area contributed by atoms with E-state index in [1.54, 1.807) is 42.5 Å². The van der Waals surface area contributed by atoms with Crippen molar-refractivity contribution < 1.29 is 34.1 Å². The lowest BCUT2D eigenvalue weighted by Gasteiger charge is -2.31. The maximum absolute atomic E-state index is 13.5. The van der Waals surface area contributed by atoms with Gasteiger partial charge in [-0.1, -0.05) is 60.7 Å². The van der Waals surface area contributed by atoms with E-state index in [-0.39, 0.29) is 25.1 Å². The molecule has 0 radical (unpaired) electrons. The minimum Gasteiger partial charge on any atom is -0.507 e. The van der Waals surface area contributed by atoms with Crippen LogP contribution < -0.4 is 21.1 Å². The van der Waals surface area contributed by atoms with Gasteiger partial charge < -0.3 is 36.2 Å². The number of phenols is 1. The molecule has 3 atom stereocenters. The van der Waals surface area contributed by atoms with Crippen molar-refractivity contribution in [2.75, 3.05) is 13.7 Å². The van der Waals surface area contributed by atoms with Gasteiger partial charge in [-0.05, 0) is 36.6 Å². The Hall–Kier alpha value is -4.90. The normalized spacial score (nSPS) is 12.8. The topological polar surface area (TPSA) is 171 Å². The maximum atomic E-state index is 13.5. The lowest BCUT2D eigenvalue weighted by molar-refractivity contribution is -0.143. The van der Waals surface area contributed by atoms with Crippen molar-refractivity contribution in [1.29, 1.82) is 0 Å². The number of nitrogens with two attached hydrogens (primary N) is 1. The van der Waals surface area contributed by atoms with E-state index < -0.39 is 48.4 Å². The number of hydrogen-bond donors (Lipinski definition) is 5. The number of ether oxygens (including phenoxy) is 1. The third-order valence-corrected chi connectivity index (χ3v) is 6.72. The van der Waals surface area contributed by atoms with Gasteiger partial charge in [0.15, 0.2) is 0 Å². The number of hydrogen-bond acceptors (Lipinski definition) is 7. The molecule has 0 aliphatic carbocycles. The van der Waals surface area contributed by atoms with E-state index in [1.165, 1.54) is 25.0 Å². The molecular weight excluding hydrogens is 540 g/mol. The van der Waals surface area contributed by atoms with Crippen LogP contribution in [0.15, 0.2) is 78.9 Å². The third kappa shape index (κ3) is 9.07. The fraction of sp³-hybridized carbons (Fsp3) is 0.290. The Morgan fingerprint density at radius 3 is 2.07 bits per heavy atom. The van der Waals surface area contributed by atoms with E-state index in [4.69, 9.17) is 10.5 Å². The number of carboxylic acids is 1. The molecule has 0 spiro atoms. The summed E-state index contributed by atoms with van der Waals surface area (Å²) in [4.78, 5) is 52.2. The molecule has 3 rings (SSSR count). The van der Waals surface area contributed by atoms with Gasteiger partial charge >= 0.3 is 5.97 Å². The minimum atomic E-state index is -1.21. The Morgan fingerprint density at radius 1 is 0.929 bits per heavy atom. The molecule has 0 saturated carbocycles. The van der Waals surface area contributed by atoms with Gasteiger partial charge in [0, 0.05) is 18.1 Å². The average Bonchev–Trinajstić information content (AvgIpc) is 2.99. The number of carboxylic acid groups (broad SMARTS) is 1. The number of aromatic hydroxyl groups is 1. The average molecular weight is 577 g/mol. The van der Waals surface area contributed by atoms with Crippen LogP contribution in [0.25, 0.3) is 0 Å². The van der Waals surface area contributed by atoms with Crippen LogP contribution in [-0.4, -0.2) is 70.6 Å². The van der Waals surface area contributed by atoms with E-state index in [2.05, 4.69) is 10.6 Å². The largest absolute Gasteiger partial charge is 0.507 e.